The molecule has 0 aliphatic heterocycles. The van der Waals surface area contributed by atoms with E-state index in [1.165, 1.54) is 12.0 Å². The van der Waals surface area contributed by atoms with E-state index in [0.29, 0.717) is 12.6 Å². The van der Waals surface area contributed by atoms with Crippen LogP contribution in [0.15, 0.2) is 18.2 Å². The number of rotatable bonds is 8. The topological polar surface area (TPSA) is 50.7 Å². The zero-order chi connectivity index (χ0) is 16.0. The van der Waals surface area contributed by atoms with Crippen molar-refractivity contribution in [2.75, 3.05) is 20.3 Å². The molecule has 1 saturated carbocycles. The molecule has 0 radical (unpaired) electrons. The van der Waals surface area contributed by atoms with Crippen LogP contribution in [-0.4, -0.2) is 31.5 Å². The van der Waals surface area contributed by atoms with Crippen LogP contribution in [-0.2, 0) is 6.54 Å². The number of aliphatic hydroxyl groups is 1. The summed E-state index contributed by atoms with van der Waals surface area (Å²) in [6.45, 7) is 5.98. The minimum absolute atomic E-state index is 0.00795. The van der Waals surface area contributed by atoms with Crippen molar-refractivity contribution in [3.8, 4) is 11.5 Å². The van der Waals surface area contributed by atoms with E-state index >= 15 is 0 Å². The van der Waals surface area contributed by atoms with Crippen LogP contribution in [0.5, 0.6) is 11.5 Å². The summed E-state index contributed by atoms with van der Waals surface area (Å²) in [5.41, 5.74) is 1.19. The van der Waals surface area contributed by atoms with Gasteiger partial charge in [0.05, 0.1) is 13.7 Å². The molecular formula is C18H29NO3. The Morgan fingerprint density at radius 1 is 1.36 bits per heavy atom. The van der Waals surface area contributed by atoms with Gasteiger partial charge in [-0.3, -0.25) is 0 Å². The molecule has 0 spiro atoms. The molecule has 124 valence electrons. The van der Waals surface area contributed by atoms with Gasteiger partial charge in [-0.15, -0.1) is 0 Å². The Hall–Kier alpha value is -1.26. The molecule has 1 aliphatic carbocycles. The summed E-state index contributed by atoms with van der Waals surface area (Å²) in [5.74, 6) is 1.58. The van der Waals surface area contributed by atoms with Crippen LogP contribution in [0.3, 0.4) is 0 Å². The van der Waals surface area contributed by atoms with Gasteiger partial charge in [-0.05, 0) is 37.0 Å². The molecule has 1 fully saturated rings. The zero-order valence-electron chi connectivity index (χ0n) is 14.0. The monoisotopic (exact) mass is 307 g/mol. The summed E-state index contributed by atoms with van der Waals surface area (Å²) < 4.78 is 11.1. The SMILES string of the molecule is CCCOc1cc(CNC2CCCC2(C)CO)ccc1OC. The van der Waals surface area contributed by atoms with E-state index in [1.54, 1.807) is 7.11 Å². The highest BCUT2D eigenvalue weighted by molar-refractivity contribution is 5.43. The van der Waals surface area contributed by atoms with Crippen LogP contribution in [0, 0.1) is 5.41 Å². The van der Waals surface area contributed by atoms with E-state index < -0.39 is 0 Å². The second kappa shape index (κ2) is 7.84. The molecule has 22 heavy (non-hydrogen) atoms. The lowest BCUT2D eigenvalue weighted by atomic mass is 9.86. The Balaban J connectivity index is 2.00. The average Bonchev–Trinajstić information content (AvgIpc) is 2.92. The van der Waals surface area contributed by atoms with Gasteiger partial charge in [-0.2, -0.15) is 0 Å². The highest BCUT2D eigenvalue weighted by Gasteiger charge is 2.37. The van der Waals surface area contributed by atoms with Crippen LogP contribution < -0.4 is 14.8 Å². The Kier molecular flexibility index (Phi) is 6.09. The summed E-state index contributed by atoms with van der Waals surface area (Å²) in [6, 6.07) is 6.45. The van der Waals surface area contributed by atoms with Crippen molar-refractivity contribution in [2.45, 2.75) is 52.1 Å². The lowest BCUT2D eigenvalue weighted by Gasteiger charge is -2.30. The maximum Gasteiger partial charge on any atom is 0.161 e. The second-order valence-corrected chi connectivity index (χ2v) is 6.47. The third kappa shape index (κ3) is 3.93. The van der Waals surface area contributed by atoms with Gasteiger partial charge in [0.1, 0.15) is 0 Å². The van der Waals surface area contributed by atoms with Gasteiger partial charge in [-0.1, -0.05) is 26.3 Å². The Labute approximate surface area is 133 Å². The van der Waals surface area contributed by atoms with Crippen LogP contribution in [0.2, 0.25) is 0 Å². The van der Waals surface area contributed by atoms with Crippen molar-refractivity contribution in [1.29, 1.82) is 0 Å². The van der Waals surface area contributed by atoms with Gasteiger partial charge in [0.25, 0.3) is 0 Å². The van der Waals surface area contributed by atoms with E-state index in [4.69, 9.17) is 9.47 Å². The molecule has 2 N–H and O–H groups in total. The Morgan fingerprint density at radius 2 is 2.18 bits per heavy atom. The summed E-state index contributed by atoms with van der Waals surface area (Å²) in [6.07, 6.45) is 4.38. The van der Waals surface area contributed by atoms with Crippen molar-refractivity contribution < 1.29 is 14.6 Å². The van der Waals surface area contributed by atoms with Gasteiger partial charge >= 0.3 is 0 Å². The Bertz CT molecular complexity index is 477. The fraction of sp³-hybridized carbons (Fsp3) is 0.667. The summed E-state index contributed by atoms with van der Waals surface area (Å²) >= 11 is 0. The summed E-state index contributed by atoms with van der Waals surface area (Å²) in [5, 5.41) is 13.2. The molecule has 0 aromatic heterocycles. The summed E-state index contributed by atoms with van der Waals surface area (Å²) in [4.78, 5) is 0. The molecule has 0 heterocycles. The highest BCUT2D eigenvalue weighted by atomic mass is 16.5. The molecule has 1 aromatic carbocycles. The smallest absolute Gasteiger partial charge is 0.161 e. The molecule has 2 unspecified atom stereocenters. The maximum absolute atomic E-state index is 9.63. The molecule has 0 saturated heterocycles. The number of methoxy groups -OCH3 is 1. The van der Waals surface area contributed by atoms with Gasteiger partial charge in [0, 0.05) is 24.6 Å². The Morgan fingerprint density at radius 3 is 2.86 bits per heavy atom. The molecular weight excluding hydrogens is 278 g/mol. The van der Waals surface area contributed by atoms with Gasteiger partial charge in [-0.25, -0.2) is 0 Å². The molecule has 4 heteroatoms. The van der Waals surface area contributed by atoms with Gasteiger partial charge in [0.15, 0.2) is 11.5 Å². The number of hydrogen-bond acceptors (Lipinski definition) is 4. The number of benzene rings is 1. The van der Waals surface area contributed by atoms with Crippen LogP contribution in [0.4, 0.5) is 0 Å². The first-order chi connectivity index (χ1) is 10.6. The average molecular weight is 307 g/mol. The maximum atomic E-state index is 9.63. The van der Waals surface area contributed by atoms with Crippen molar-refractivity contribution >= 4 is 0 Å². The predicted molar refractivity (Wildman–Crippen MR) is 88.5 cm³/mol. The molecule has 1 aliphatic rings. The molecule has 0 bridgehead atoms. The van der Waals surface area contributed by atoms with E-state index in [-0.39, 0.29) is 12.0 Å². The first-order valence-corrected chi connectivity index (χ1v) is 8.27. The number of hydrogen-bond donors (Lipinski definition) is 2. The normalized spacial score (nSPS) is 24.5. The molecule has 0 amide bonds. The van der Waals surface area contributed by atoms with E-state index in [0.717, 1.165) is 37.3 Å². The third-order valence-electron chi connectivity index (χ3n) is 4.69. The first-order valence-electron chi connectivity index (χ1n) is 8.27. The highest BCUT2D eigenvalue weighted by Crippen LogP contribution is 2.37. The zero-order valence-corrected chi connectivity index (χ0v) is 14.0. The second-order valence-electron chi connectivity index (χ2n) is 6.47. The van der Waals surface area contributed by atoms with Crippen molar-refractivity contribution in [3.63, 3.8) is 0 Å². The molecule has 2 rings (SSSR count). The van der Waals surface area contributed by atoms with Crippen LogP contribution in [0.25, 0.3) is 0 Å². The van der Waals surface area contributed by atoms with Gasteiger partial charge in [0.2, 0.25) is 0 Å². The largest absolute Gasteiger partial charge is 0.493 e. The minimum atomic E-state index is 0.00795. The van der Waals surface area contributed by atoms with Gasteiger partial charge < -0.3 is 19.9 Å². The number of aliphatic hydroxyl groups excluding tert-OH is 1. The number of ether oxygens (including phenoxy) is 2. The third-order valence-corrected chi connectivity index (χ3v) is 4.69. The lowest BCUT2D eigenvalue weighted by molar-refractivity contribution is 0.118. The molecule has 4 nitrogen and oxygen atoms in total. The number of nitrogens with one attached hydrogen (secondary N) is 1. The minimum Gasteiger partial charge on any atom is -0.493 e. The van der Waals surface area contributed by atoms with Crippen molar-refractivity contribution in [2.24, 2.45) is 5.41 Å². The first kappa shape index (κ1) is 17.1. The molecule has 1 aromatic rings. The predicted octanol–water partition coefficient (Wildman–Crippen LogP) is 3.12. The standard InChI is InChI=1S/C18H29NO3/c1-4-10-22-16-11-14(7-8-15(16)21-3)12-19-17-6-5-9-18(17,2)13-20/h7-8,11,17,19-20H,4-6,9-10,12-13H2,1-3H3. The van der Waals surface area contributed by atoms with Crippen LogP contribution >= 0.6 is 0 Å². The fourth-order valence-corrected chi connectivity index (χ4v) is 3.17. The quantitative estimate of drug-likeness (QED) is 0.775. The van der Waals surface area contributed by atoms with E-state index in [2.05, 4.69) is 25.2 Å². The lowest BCUT2D eigenvalue weighted by Crippen LogP contribution is -2.41. The van der Waals surface area contributed by atoms with Crippen LogP contribution in [0.1, 0.15) is 45.1 Å². The van der Waals surface area contributed by atoms with Crippen molar-refractivity contribution in [3.05, 3.63) is 23.8 Å². The molecule has 2 atom stereocenters. The van der Waals surface area contributed by atoms with Crippen molar-refractivity contribution in [1.82, 2.24) is 5.32 Å². The summed E-state index contributed by atoms with van der Waals surface area (Å²) in [7, 11) is 1.66. The van der Waals surface area contributed by atoms with E-state index in [1.807, 2.05) is 12.1 Å². The van der Waals surface area contributed by atoms with E-state index in [9.17, 15) is 5.11 Å². The fourth-order valence-electron chi connectivity index (χ4n) is 3.17.